The SMILES string of the molecule is Cc1ccc(C[N+]2=C(n3nc(C)c(C)c3C)N=C3C2C(=O)N(CC(N)=O)C(=O)N3C)cc1. The molecule has 166 valence electrons. The molecule has 1 aromatic heterocycles. The molecule has 0 saturated carbocycles. The Balaban J connectivity index is 1.88. The van der Waals surface area contributed by atoms with Gasteiger partial charge in [-0.15, -0.1) is 9.78 Å². The lowest BCUT2D eigenvalue weighted by molar-refractivity contribution is -0.553. The van der Waals surface area contributed by atoms with Crippen LogP contribution in [0.3, 0.4) is 0 Å². The first kappa shape index (κ1) is 21.4. The summed E-state index contributed by atoms with van der Waals surface area (Å²) in [5.74, 6) is -0.547. The lowest BCUT2D eigenvalue weighted by Crippen LogP contribution is -2.63. The minimum absolute atomic E-state index is 0.299. The van der Waals surface area contributed by atoms with Crippen molar-refractivity contribution in [3.8, 4) is 0 Å². The highest BCUT2D eigenvalue weighted by Crippen LogP contribution is 2.23. The molecule has 10 heteroatoms. The van der Waals surface area contributed by atoms with Crippen LogP contribution in [0.1, 0.15) is 28.1 Å². The Kier molecular flexibility index (Phi) is 5.15. The largest absolute Gasteiger partial charge is 0.421 e. The summed E-state index contributed by atoms with van der Waals surface area (Å²) in [5.41, 5.74) is 10.2. The molecule has 4 rings (SSSR count). The van der Waals surface area contributed by atoms with E-state index in [-0.39, 0.29) is 0 Å². The van der Waals surface area contributed by atoms with Crippen molar-refractivity contribution in [2.75, 3.05) is 13.6 Å². The number of primary amides is 1. The van der Waals surface area contributed by atoms with Gasteiger partial charge in [-0.3, -0.25) is 19.4 Å². The summed E-state index contributed by atoms with van der Waals surface area (Å²) < 4.78 is 3.52. The van der Waals surface area contributed by atoms with Gasteiger partial charge in [-0.05, 0) is 33.3 Å². The van der Waals surface area contributed by atoms with Crippen LogP contribution in [0.5, 0.6) is 0 Å². The predicted molar refractivity (Wildman–Crippen MR) is 117 cm³/mol. The van der Waals surface area contributed by atoms with Gasteiger partial charge < -0.3 is 5.73 Å². The van der Waals surface area contributed by atoms with Crippen LogP contribution in [0.4, 0.5) is 4.79 Å². The number of aromatic nitrogens is 2. The Morgan fingerprint density at radius 3 is 2.34 bits per heavy atom. The van der Waals surface area contributed by atoms with E-state index in [2.05, 4.69) is 10.1 Å². The molecule has 2 aliphatic heterocycles. The number of carbonyl (C=O) groups excluding carboxylic acids is 3. The predicted octanol–water partition coefficient (Wildman–Crippen LogP) is 0.694. The van der Waals surface area contributed by atoms with E-state index in [1.165, 1.54) is 11.9 Å². The number of amidine groups is 1. The number of likely N-dealkylation sites (N-methyl/N-ethyl adjacent to an activating group) is 1. The lowest BCUT2D eigenvalue weighted by Gasteiger charge is -2.33. The van der Waals surface area contributed by atoms with Gasteiger partial charge in [0.1, 0.15) is 12.2 Å². The number of aryl methyl sites for hydroxylation is 2. The van der Waals surface area contributed by atoms with Crippen molar-refractivity contribution >= 4 is 29.6 Å². The van der Waals surface area contributed by atoms with Gasteiger partial charge in [0, 0.05) is 12.6 Å². The van der Waals surface area contributed by atoms with Crippen molar-refractivity contribution in [2.45, 2.75) is 40.3 Å². The van der Waals surface area contributed by atoms with E-state index in [9.17, 15) is 14.4 Å². The fourth-order valence-electron chi connectivity index (χ4n) is 3.94. The van der Waals surface area contributed by atoms with E-state index in [1.807, 2.05) is 56.5 Å². The highest BCUT2D eigenvalue weighted by molar-refractivity contribution is 6.23. The van der Waals surface area contributed by atoms with Gasteiger partial charge in [0.2, 0.25) is 17.8 Å². The third-order valence-electron chi connectivity index (χ3n) is 6.02. The fraction of sp³-hybridized carbons (Fsp3) is 0.364. The summed E-state index contributed by atoms with van der Waals surface area (Å²) in [6, 6.07) is 6.46. The normalized spacial score (nSPS) is 18.4. The molecule has 4 amide bonds. The first-order chi connectivity index (χ1) is 15.1. The molecule has 32 heavy (non-hydrogen) atoms. The van der Waals surface area contributed by atoms with Gasteiger partial charge in [-0.2, -0.15) is 0 Å². The van der Waals surface area contributed by atoms with Crippen LogP contribution in [-0.4, -0.2) is 73.4 Å². The molecule has 1 unspecified atom stereocenters. The van der Waals surface area contributed by atoms with Gasteiger partial charge in [0.05, 0.1) is 12.2 Å². The van der Waals surface area contributed by atoms with Crippen molar-refractivity contribution in [2.24, 2.45) is 10.7 Å². The molecule has 1 saturated heterocycles. The molecular weight excluding hydrogens is 410 g/mol. The summed E-state index contributed by atoms with van der Waals surface area (Å²) in [4.78, 5) is 44.6. The average molecular weight is 436 g/mol. The molecule has 0 aliphatic carbocycles. The number of aliphatic imine (C=N–C) groups is 1. The number of hydrogen-bond acceptors (Lipinski definition) is 5. The molecule has 0 spiro atoms. The van der Waals surface area contributed by atoms with Crippen molar-refractivity contribution in [1.29, 1.82) is 0 Å². The topological polar surface area (TPSA) is 117 Å². The highest BCUT2D eigenvalue weighted by atomic mass is 16.2. The standard InChI is InChI=1S/C22H25N7O3/c1-12-6-8-16(9-7-12)10-27-18-19(24-21(27)29-15(4)13(2)14(3)25-29)26(5)22(32)28(20(18)31)11-17(23)30/h6-9,18H,10-11H2,1-5H3,(H-,23,30)/p+1. The van der Waals surface area contributed by atoms with E-state index in [1.54, 1.807) is 4.68 Å². The quantitative estimate of drug-likeness (QED) is 0.710. The third-order valence-corrected chi connectivity index (χ3v) is 6.02. The van der Waals surface area contributed by atoms with Crippen LogP contribution in [-0.2, 0) is 16.1 Å². The fourth-order valence-corrected chi connectivity index (χ4v) is 3.94. The number of imide groups is 1. The number of amides is 4. The van der Waals surface area contributed by atoms with E-state index < -0.39 is 30.4 Å². The third kappa shape index (κ3) is 3.37. The number of rotatable bonds is 4. The van der Waals surface area contributed by atoms with E-state index >= 15 is 0 Å². The van der Waals surface area contributed by atoms with Crippen molar-refractivity contribution in [3.05, 3.63) is 52.3 Å². The second-order valence-electron chi connectivity index (χ2n) is 8.23. The minimum Gasteiger partial charge on any atom is -0.368 e. The Labute approximate surface area is 185 Å². The Bertz CT molecular complexity index is 1210. The summed E-state index contributed by atoms with van der Waals surface area (Å²) in [7, 11) is 1.54. The second-order valence-corrected chi connectivity index (χ2v) is 8.23. The first-order valence-electron chi connectivity index (χ1n) is 10.3. The molecule has 1 atom stereocenters. The molecule has 1 fully saturated rings. The monoisotopic (exact) mass is 436 g/mol. The van der Waals surface area contributed by atoms with Crippen LogP contribution in [0.2, 0.25) is 0 Å². The summed E-state index contributed by atoms with van der Waals surface area (Å²) in [6.45, 7) is 7.70. The molecule has 0 radical (unpaired) electrons. The summed E-state index contributed by atoms with van der Waals surface area (Å²) in [6.07, 6.45) is 0. The number of fused-ring (bicyclic) bond motifs is 1. The molecule has 2 aliphatic rings. The minimum atomic E-state index is -0.877. The van der Waals surface area contributed by atoms with E-state index in [0.29, 0.717) is 18.3 Å². The Morgan fingerprint density at radius 2 is 1.78 bits per heavy atom. The zero-order chi connectivity index (χ0) is 23.3. The number of benzene rings is 1. The van der Waals surface area contributed by atoms with Crippen molar-refractivity contribution in [1.82, 2.24) is 19.6 Å². The molecule has 0 bridgehead atoms. The van der Waals surface area contributed by atoms with Gasteiger partial charge in [-0.1, -0.05) is 34.8 Å². The zero-order valence-electron chi connectivity index (χ0n) is 18.8. The number of urea groups is 1. The molecule has 1 aromatic carbocycles. The van der Waals surface area contributed by atoms with Gasteiger partial charge in [-0.25, -0.2) is 9.37 Å². The zero-order valence-corrected chi connectivity index (χ0v) is 18.8. The molecule has 2 N–H and O–H groups in total. The maximum absolute atomic E-state index is 13.4. The van der Waals surface area contributed by atoms with Crippen LogP contribution in [0.15, 0.2) is 29.3 Å². The molecular formula is C22H26N7O3+. The smallest absolute Gasteiger partial charge is 0.368 e. The summed E-state index contributed by atoms with van der Waals surface area (Å²) in [5, 5.41) is 4.62. The van der Waals surface area contributed by atoms with Gasteiger partial charge in [0.25, 0.3) is 5.91 Å². The Hall–Kier alpha value is -3.82. The van der Waals surface area contributed by atoms with Crippen LogP contribution >= 0.6 is 0 Å². The number of nitrogens with two attached hydrogens (primary N) is 1. The van der Waals surface area contributed by atoms with E-state index in [0.717, 1.165) is 33.0 Å². The van der Waals surface area contributed by atoms with Gasteiger partial charge in [0.15, 0.2) is 0 Å². The van der Waals surface area contributed by atoms with Gasteiger partial charge >= 0.3 is 12.0 Å². The number of hydrogen-bond donors (Lipinski definition) is 1. The van der Waals surface area contributed by atoms with Crippen molar-refractivity contribution in [3.63, 3.8) is 0 Å². The summed E-state index contributed by atoms with van der Waals surface area (Å²) >= 11 is 0. The molecule has 3 heterocycles. The molecule has 10 nitrogen and oxygen atoms in total. The average Bonchev–Trinajstić information content (AvgIpc) is 3.24. The van der Waals surface area contributed by atoms with Crippen LogP contribution < -0.4 is 5.73 Å². The lowest BCUT2D eigenvalue weighted by atomic mass is 10.1. The maximum atomic E-state index is 13.4. The highest BCUT2D eigenvalue weighted by Gasteiger charge is 2.53. The van der Waals surface area contributed by atoms with E-state index in [4.69, 9.17) is 5.73 Å². The number of carbonyl (C=O) groups is 3. The first-order valence-corrected chi connectivity index (χ1v) is 10.3. The van der Waals surface area contributed by atoms with Crippen LogP contribution in [0, 0.1) is 27.7 Å². The second kappa shape index (κ2) is 7.70. The Morgan fingerprint density at radius 1 is 1.12 bits per heavy atom. The van der Waals surface area contributed by atoms with Crippen LogP contribution in [0.25, 0.3) is 0 Å². The number of nitrogens with zero attached hydrogens (tertiary/aromatic N) is 6. The van der Waals surface area contributed by atoms with Crippen molar-refractivity contribution < 1.29 is 19.0 Å². The molecule has 2 aromatic rings. The maximum Gasteiger partial charge on any atom is 0.421 e.